The number of methoxy groups -OCH3 is 1. The molecule has 1 aliphatic heterocycles. The Kier molecular flexibility index (Phi) is 5.67. The Morgan fingerprint density at radius 3 is 2.57 bits per heavy atom. The van der Waals surface area contributed by atoms with Crippen LogP contribution in [0.4, 0.5) is 0 Å². The van der Waals surface area contributed by atoms with Gasteiger partial charge >= 0.3 is 5.97 Å². The second-order valence-electron chi connectivity index (χ2n) is 7.25. The fourth-order valence-corrected chi connectivity index (χ4v) is 4.52. The van der Waals surface area contributed by atoms with E-state index >= 15 is 0 Å². The zero-order valence-corrected chi connectivity index (χ0v) is 14.2. The van der Waals surface area contributed by atoms with Crippen LogP contribution in [0.25, 0.3) is 0 Å². The van der Waals surface area contributed by atoms with Crippen LogP contribution in [0.5, 0.6) is 0 Å². The van der Waals surface area contributed by atoms with Crippen molar-refractivity contribution in [3.05, 3.63) is 0 Å². The average Bonchev–Trinajstić information content (AvgIpc) is 2.46. The van der Waals surface area contributed by atoms with Crippen molar-refractivity contribution in [2.24, 2.45) is 11.8 Å². The molecule has 0 amide bonds. The molecule has 2 aliphatic rings. The highest BCUT2D eigenvalue weighted by atomic mass is 16.5. The van der Waals surface area contributed by atoms with E-state index in [4.69, 9.17) is 4.74 Å². The Morgan fingerprint density at radius 2 is 2.00 bits per heavy atom. The molecule has 0 aromatic carbocycles. The summed E-state index contributed by atoms with van der Waals surface area (Å²) in [7, 11) is 1.51. The number of esters is 1. The van der Waals surface area contributed by atoms with Gasteiger partial charge in [0.15, 0.2) is 0 Å². The fourth-order valence-electron chi connectivity index (χ4n) is 4.52. The van der Waals surface area contributed by atoms with Gasteiger partial charge in [-0.2, -0.15) is 0 Å². The zero-order valence-electron chi connectivity index (χ0n) is 14.2. The predicted molar refractivity (Wildman–Crippen MR) is 85.2 cm³/mol. The summed E-state index contributed by atoms with van der Waals surface area (Å²) in [4.78, 5) is 15.0. The van der Waals surface area contributed by atoms with E-state index in [0.717, 1.165) is 37.6 Å². The summed E-state index contributed by atoms with van der Waals surface area (Å²) >= 11 is 0. The van der Waals surface area contributed by atoms with E-state index in [0.29, 0.717) is 6.04 Å². The van der Waals surface area contributed by atoms with Crippen LogP contribution in [0.1, 0.15) is 52.9 Å². The second-order valence-corrected chi connectivity index (χ2v) is 7.25. The molecule has 122 valence electrons. The lowest BCUT2D eigenvalue weighted by Crippen LogP contribution is -2.59. The first-order chi connectivity index (χ1) is 10.0. The molecule has 2 rings (SSSR count). The minimum atomic E-state index is -0.462. The van der Waals surface area contributed by atoms with Crippen molar-refractivity contribution in [2.75, 3.05) is 26.7 Å². The molecule has 4 atom stereocenters. The molecule has 0 spiro atoms. The van der Waals surface area contributed by atoms with E-state index < -0.39 is 5.54 Å². The molecule has 21 heavy (non-hydrogen) atoms. The van der Waals surface area contributed by atoms with Gasteiger partial charge in [0.25, 0.3) is 0 Å². The van der Waals surface area contributed by atoms with Gasteiger partial charge in [-0.3, -0.25) is 9.69 Å². The van der Waals surface area contributed by atoms with Crippen LogP contribution in [0.15, 0.2) is 0 Å². The molecule has 1 saturated carbocycles. The summed E-state index contributed by atoms with van der Waals surface area (Å²) in [5, 5.41) is 3.44. The second kappa shape index (κ2) is 7.10. The zero-order chi connectivity index (χ0) is 15.5. The number of piperidine rings is 1. The van der Waals surface area contributed by atoms with E-state index in [2.05, 4.69) is 31.0 Å². The van der Waals surface area contributed by atoms with Crippen LogP contribution in [0.2, 0.25) is 0 Å². The molecular formula is C17H32N2O2. The number of nitrogens with zero attached hydrogens (tertiary/aromatic N) is 1. The molecule has 1 N–H and O–H groups in total. The summed E-state index contributed by atoms with van der Waals surface area (Å²) in [5.41, 5.74) is -0.462. The molecule has 0 aromatic heterocycles. The molecule has 1 aliphatic carbocycles. The summed E-state index contributed by atoms with van der Waals surface area (Å²) in [6, 6.07) is 0.516. The Hall–Kier alpha value is -0.610. The number of nitrogens with one attached hydrogen (secondary N) is 1. The molecule has 2 fully saturated rings. The molecule has 4 unspecified atom stereocenters. The minimum absolute atomic E-state index is 0.0767. The minimum Gasteiger partial charge on any atom is -0.468 e. The van der Waals surface area contributed by atoms with Gasteiger partial charge in [0.2, 0.25) is 0 Å². The van der Waals surface area contributed by atoms with Crippen molar-refractivity contribution in [1.29, 1.82) is 0 Å². The van der Waals surface area contributed by atoms with Gasteiger partial charge in [0.05, 0.1) is 7.11 Å². The van der Waals surface area contributed by atoms with Crippen molar-refractivity contribution in [2.45, 2.75) is 64.5 Å². The quantitative estimate of drug-likeness (QED) is 0.809. The average molecular weight is 296 g/mol. The smallest absolute Gasteiger partial charge is 0.326 e. The number of likely N-dealkylation sites (tertiary alicyclic amines) is 1. The van der Waals surface area contributed by atoms with E-state index in [9.17, 15) is 4.79 Å². The number of rotatable bonds is 4. The van der Waals surface area contributed by atoms with Crippen molar-refractivity contribution in [1.82, 2.24) is 10.2 Å². The van der Waals surface area contributed by atoms with Crippen LogP contribution < -0.4 is 5.32 Å². The maximum Gasteiger partial charge on any atom is 0.326 e. The van der Waals surface area contributed by atoms with Crippen LogP contribution in [-0.4, -0.2) is 49.2 Å². The molecule has 4 nitrogen and oxygen atoms in total. The Balaban J connectivity index is 2.09. The number of carbonyl (C=O) groups excluding carboxylic acids is 1. The molecule has 1 saturated heterocycles. The highest BCUT2D eigenvalue weighted by Crippen LogP contribution is 2.35. The highest BCUT2D eigenvalue weighted by Gasteiger charge is 2.45. The maximum atomic E-state index is 12.3. The van der Waals surface area contributed by atoms with Gasteiger partial charge in [-0.05, 0) is 50.5 Å². The van der Waals surface area contributed by atoms with E-state index in [-0.39, 0.29) is 5.97 Å². The predicted octanol–water partition coefficient (Wildman–Crippen LogP) is 2.43. The third kappa shape index (κ3) is 3.78. The normalized spacial score (nSPS) is 38.2. The van der Waals surface area contributed by atoms with E-state index in [1.165, 1.54) is 33.0 Å². The number of hydrogen-bond acceptors (Lipinski definition) is 4. The third-order valence-electron chi connectivity index (χ3n) is 5.23. The lowest BCUT2D eigenvalue weighted by Gasteiger charge is -2.46. The van der Waals surface area contributed by atoms with E-state index in [1.807, 2.05) is 0 Å². The number of carbonyl (C=O) groups is 1. The molecule has 0 bridgehead atoms. The maximum absolute atomic E-state index is 12.3. The SMILES string of the molecule is CCNC1(C(=O)OC)CCCC(N2CC(C)CC(C)C2)C1. The molecule has 4 heteroatoms. The van der Waals surface area contributed by atoms with Crippen molar-refractivity contribution < 1.29 is 9.53 Å². The number of hydrogen-bond donors (Lipinski definition) is 1. The lowest BCUT2D eigenvalue weighted by molar-refractivity contribution is -0.151. The van der Waals surface area contributed by atoms with Gasteiger partial charge in [0.1, 0.15) is 5.54 Å². The lowest BCUT2D eigenvalue weighted by atomic mass is 9.77. The van der Waals surface area contributed by atoms with Crippen molar-refractivity contribution >= 4 is 5.97 Å². The summed E-state index contributed by atoms with van der Waals surface area (Å²) in [6.45, 7) is 9.94. The third-order valence-corrected chi connectivity index (χ3v) is 5.23. The fraction of sp³-hybridized carbons (Fsp3) is 0.941. The monoisotopic (exact) mass is 296 g/mol. The number of likely N-dealkylation sites (N-methyl/N-ethyl adjacent to an activating group) is 1. The van der Waals surface area contributed by atoms with Gasteiger partial charge in [-0.15, -0.1) is 0 Å². The topological polar surface area (TPSA) is 41.6 Å². The molecular weight excluding hydrogens is 264 g/mol. The highest BCUT2D eigenvalue weighted by molar-refractivity contribution is 5.81. The summed E-state index contributed by atoms with van der Waals surface area (Å²) < 4.78 is 5.10. The summed E-state index contributed by atoms with van der Waals surface area (Å²) in [6.07, 6.45) is 5.45. The Bertz CT molecular complexity index is 347. The van der Waals surface area contributed by atoms with Crippen LogP contribution >= 0.6 is 0 Å². The number of ether oxygens (including phenoxy) is 1. The van der Waals surface area contributed by atoms with Gasteiger partial charge in [-0.25, -0.2) is 0 Å². The molecule has 1 heterocycles. The molecule has 0 aromatic rings. The Labute approximate surface area is 129 Å². The first-order valence-corrected chi connectivity index (χ1v) is 8.58. The standard InChI is InChI=1S/C17H32N2O2/c1-5-18-17(16(20)21-4)8-6-7-15(10-17)19-11-13(2)9-14(3)12-19/h13-15,18H,5-12H2,1-4H3. The van der Waals surface area contributed by atoms with Crippen molar-refractivity contribution in [3.63, 3.8) is 0 Å². The van der Waals surface area contributed by atoms with Gasteiger partial charge in [0, 0.05) is 19.1 Å². The molecule has 0 radical (unpaired) electrons. The van der Waals surface area contributed by atoms with E-state index in [1.54, 1.807) is 0 Å². The van der Waals surface area contributed by atoms with Crippen LogP contribution in [0, 0.1) is 11.8 Å². The largest absolute Gasteiger partial charge is 0.468 e. The van der Waals surface area contributed by atoms with Crippen LogP contribution in [-0.2, 0) is 9.53 Å². The van der Waals surface area contributed by atoms with Crippen molar-refractivity contribution in [3.8, 4) is 0 Å². The van der Waals surface area contributed by atoms with Crippen LogP contribution in [0.3, 0.4) is 0 Å². The first kappa shape index (κ1) is 16.8. The summed E-state index contributed by atoms with van der Waals surface area (Å²) in [5.74, 6) is 1.46. The Morgan fingerprint density at radius 1 is 1.33 bits per heavy atom. The van der Waals surface area contributed by atoms with Gasteiger partial charge in [-0.1, -0.05) is 20.8 Å². The first-order valence-electron chi connectivity index (χ1n) is 8.58. The van der Waals surface area contributed by atoms with Gasteiger partial charge < -0.3 is 10.1 Å².